The van der Waals surface area contributed by atoms with E-state index < -0.39 is 6.03 Å². The zero-order valence-electron chi connectivity index (χ0n) is 28.4. The van der Waals surface area contributed by atoms with E-state index in [0.717, 1.165) is 80.5 Å². The SMILES string of the molecule is CCCn1cc(-c2ccc(CN3CCC(OC4CCN(C(=O)c5cccc(N6CCC(=O)NC6=O)c5)CC4)CC3)cc2)c(C)c(C)c1=O. The monoisotopic (exact) mass is 653 g/mol. The highest BCUT2D eigenvalue weighted by atomic mass is 16.5. The molecule has 0 unspecified atom stereocenters. The number of anilines is 1. The number of hydrogen-bond donors (Lipinski definition) is 1. The average Bonchev–Trinajstić information content (AvgIpc) is 3.10. The normalized spacial score (nSPS) is 18.3. The van der Waals surface area contributed by atoms with E-state index in [4.69, 9.17) is 4.74 Å². The Kier molecular flexibility index (Phi) is 10.4. The third kappa shape index (κ3) is 7.55. The quantitative estimate of drug-likeness (QED) is 0.338. The summed E-state index contributed by atoms with van der Waals surface area (Å²) in [7, 11) is 0. The maximum atomic E-state index is 13.3. The zero-order valence-corrected chi connectivity index (χ0v) is 28.4. The number of carbonyl (C=O) groups excluding carboxylic acids is 3. The van der Waals surface area contributed by atoms with E-state index >= 15 is 0 Å². The molecule has 4 amide bonds. The van der Waals surface area contributed by atoms with Crippen LogP contribution < -0.4 is 15.8 Å². The number of benzene rings is 2. The van der Waals surface area contributed by atoms with Crippen molar-refractivity contribution in [3.63, 3.8) is 0 Å². The fraction of sp³-hybridized carbons (Fsp3) is 0.474. The van der Waals surface area contributed by atoms with Gasteiger partial charge in [-0.3, -0.25) is 29.5 Å². The summed E-state index contributed by atoms with van der Waals surface area (Å²) in [5, 5.41) is 2.33. The number of piperidine rings is 2. The number of aryl methyl sites for hydroxylation is 1. The molecule has 3 aliphatic heterocycles. The summed E-state index contributed by atoms with van der Waals surface area (Å²) in [6.07, 6.45) is 7.18. The lowest BCUT2D eigenvalue weighted by Gasteiger charge is -2.37. The van der Waals surface area contributed by atoms with E-state index in [2.05, 4.69) is 41.4 Å². The molecule has 6 rings (SSSR count). The molecule has 4 heterocycles. The summed E-state index contributed by atoms with van der Waals surface area (Å²) in [6, 6.07) is 15.4. The van der Waals surface area contributed by atoms with Gasteiger partial charge in [0.1, 0.15) is 0 Å². The molecule has 1 N–H and O–H groups in total. The van der Waals surface area contributed by atoms with Crippen LogP contribution in [0.25, 0.3) is 11.1 Å². The number of urea groups is 1. The standard InChI is InChI=1S/C38H47N5O5/c1-4-17-42-25-34(26(2)27(3)36(42)45)29-10-8-28(9-11-29)24-40-18-12-32(13-19-40)48-33-14-20-41(21-15-33)37(46)30-6-5-7-31(23-30)43-22-16-35(44)39-38(43)47/h5-11,23,25,32-33H,4,12-22,24H2,1-3H3,(H,39,44,47). The van der Waals surface area contributed by atoms with Crippen LogP contribution >= 0.6 is 0 Å². The van der Waals surface area contributed by atoms with E-state index in [0.29, 0.717) is 30.9 Å². The minimum atomic E-state index is -0.455. The fourth-order valence-electron chi connectivity index (χ4n) is 7.11. The Morgan fingerprint density at radius 1 is 0.875 bits per heavy atom. The van der Waals surface area contributed by atoms with Crippen LogP contribution in [0.4, 0.5) is 10.5 Å². The number of amides is 4. The van der Waals surface area contributed by atoms with E-state index in [1.54, 1.807) is 24.3 Å². The first kappa shape index (κ1) is 33.6. The van der Waals surface area contributed by atoms with Gasteiger partial charge in [0.05, 0.1) is 12.2 Å². The van der Waals surface area contributed by atoms with Crippen molar-refractivity contribution in [1.29, 1.82) is 0 Å². The van der Waals surface area contributed by atoms with Crippen LogP contribution in [0.2, 0.25) is 0 Å². The molecule has 3 fully saturated rings. The summed E-state index contributed by atoms with van der Waals surface area (Å²) in [6.45, 7) is 11.2. The van der Waals surface area contributed by atoms with Gasteiger partial charge in [0, 0.05) is 80.8 Å². The largest absolute Gasteiger partial charge is 0.375 e. The number of imide groups is 1. The molecule has 10 nitrogen and oxygen atoms in total. The second-order valence-electron chi connectivity index (χ2n) is 13.4. The van der Waals surface area contributed by atoms with E-state index in [1.807, 2.05) is 29.5 Å². The van der Waals surface area contributed by atoms with Gasteiger partial charge in [0.25, 0.3) is 11.5 Å². The number of nitrogens with one attached hydrogen (secondary N) is 1. The molecule has 0 radical (unpaired) electrons. The van der Waals surface area contributed by atoms with Gasteiger partial charge in [-0.2, -0.15) is 0 Å². The predicted molar refractivity (Wildman–Crippen MR) is 186 cm³/mol. The number of nitrogens with zero attached hydrogens (tertiary/aromatic N) is 4. The highest BCUT2D eigenvalue weighted by Gasteiger charge is 2.29. The summed E-state index contributed by atoms with van der Waals surface area (Å²) >= 11 is 0. The molecule has 48 heavy (non-hydrogen) atoms. The molecule has 1 aromatic heterocycles. The van der Waals surface area contributed by atoms with E-state index in [1.165, 1.54) is 10.5 Å². The van der Waals surface area contributed by atoms with Crippen LogP contribution in [-0.2, 0) is 22.6 Å². The van der Waals surface area contributed by atoms with Gasteiger partial charge in [-0.25, -0.2) is 4.79 Å². The lowest BCUT2D eigenvalue weighted by molar-refractivity contribution is -0.120. The van der Waals surface area contributed by atoms with Crippen molar-refractivity contribution >= 4 is 23.5 Å². The van der Waals surface area contributed by atoms with Crippen molar-refractivity contribution in [3.8, 4) is 11.1 Å². The lowest BCUT2D eigenvalue weighted by atomic mass is 9.98. The molecule has 0 aliphatic carbocycles. The first-order valence-corrected chi connectivity index (χ1v) is 17.4. The van der Waals surface area contributed by atoms with Crippen molar-refractivity contribution in [2.24, 2.45) is 0 Å². The van der Waals surface area contributed by atoms with Gasteiger partial charge < -0.3 is 14.2 Å². The Hall–Kier alpha value is -4.28. The van der Waals surface area contributed by atoms with Gasteiger partial charge >= 0.3 is 6.03 Å². The van der Waals surface area contributed by atoms with Gasteiger partial charge in [-0.15, -0.1) is 0 Å². The zero-order chi connectivity index (χ0) is 33.8. The van der Waals surface area contributed by atoms with Crippen LogP contribution in [0, 0.1) is 13.8 Å². The van der Waals surface area contributed by atoms with Gasteiger partial charge in [-0.05, 0) is 80.8 Å². The van der Waals surface area contributed by atoms with Crippen LogP contribution in [0.15, 0.2) is 59.5 Å². The van der Waals surface area contributed by atoms with Crippen molar-refractivity contribution in [2.45, 2.75) is 84.6 Å². The first-order chi connectivity index (χ1) is 23.2. The highest BCUT2D eigenvalue weighted by molar-refractivity contribution is 6.06. The van der Waals surface area contributed by atoms with Crippen molar-refractivity contribution in [3.05, 3.63) is 87.3 Å². The highest BCUT2D eigenvalue weighted by Crippen LogP contribution is 2.27. The van der Waals surface area contributed by atoms with E-state index in [9.17, 15) is 19.2 Å². The Morgan fingerprint density at radius 2 is 1.56 bits per heavy atom. The molecule has 0 atom stereocenters. The smallest absolute Gasteiger partial charge is 0.328 e. The molecule has 3 aliphatic rings. The topological polar surface area (TPSA) is 104 Å². The van der Waals surface area contributed by atoms with Crippen molar-refractivity contribution in [2.75, 3.05) is 37.6 Å². The lowest BCUT2D eigenvalue weighted by Crippen LogP contribution is -2.49. The molecule has 0 saturated carbocycles. The Balaban J connectivity index is 0.953. The molecular weight excluding hydrogens is 606 g/mol. The number of aromatic nitrogens is 1. The minimum Gasteiger partial charge on any atom is -0.375 e. The summed E-state index contributed by atoms with van der Waals surface area (Å²) in [5.41, 5.74) is 6.68. The molecule has 0 bridgehead atoms. The Bertz CT molecular complexity index is 1700. The average molecular weight is 654 g/mol. The third-order valence-corrected chi connectivity index (χ3v) is 10.1. The number of rotatable bonds is 9. The number of likely N-dealkylation sites (tertiary alicyclic amines) is 2. The van der Waals surface area contributed by atoms with Crippen LogP contribution in [0.3, 0.4) is 0 Å². The summed E-state index contributed by atoms with van der Waals surface area (Å²) in [5.74, 6) is -0.326. The molecule has 0 spiro atoms. The molecule has 3 aromatic rings. The van der Waals surface area contributed by atoms with Crippen LogP contribution in [-0.4, -0.2) is 77.1 Å². The summed E-state index contributed by atoms with van der Waals surface area (Å²) < 4.78 is 8.38. The maximum Gasteiger partial charge on any atom is 0.328 e. The maximum absolute atomic E-state index is 13.3. The van der Waals surface area contributed by atoms with Crippen molar-refractivity contribution < 1.29 is 19.1 Å². The van der Waals surface area contributed by atoms with Crippen LogP contribution in [0.1, 0.15) is 72.5 Å². The summed E-state index contributed by atoms with van der Waals surface area (Å²) in [4.78, 5) is 55.6. The van der Waals surface area contributed by atoms with Gasteiger partial charge in [-0.1, -0.05) is 37.3 Å². The Labute approximate surface area is 282 Å². The number of carbonyl (C=O) groups is 3. The fourth-order valence-corrected chi connectivity index (χ4v) is 7.11. The molecule has 3 saturated heterocycles. The molecular formula is C38H47N5O5. The molecule has 254 valence electrons. The predicted octanol–water partition coefficient (Wildman–Crippen LogP) is 5.27. The minimum absolute atomic E-state index is 0.0455. The number of hydrogen-bond acceptors (Lipinski definition) is 6. The second-order valence-corrected chi connectivity index (χ2v) is 13.4. The number of pyridine rings is 1. The number of ether oxygens (including phenoxy) is 1. The molecule has 2 aromatic carbocycles. The first-order valence-electron chi connectivity index (χ1n) is 17.4. The van der Waals surface area contributed by atoms with Gasteiger partial charge in [0.15, 0.2) is 0 Å². The third-order valence-electron chi connectivity index (χ3n) is 10.1. The second kappa shape index (κ2) is 14.9. The van der Waals surface area contributed by atoms with Crippen LogP contribution in [0.5, 0.6) is 0 Å². The van der Waals surface area contributed by atoms with Crippen molar-refractivity contribution in [1.82, 2.24) is 19.7 Å². The van der Waals surface area contributed by atoms with Gasteiger partial charge in [0.2, 0.25) is 5.91 Å². The van der Waals surface area contributed by atoms with E-state index in [-0.39, 0.29) is 36.0 Å². The molecule has 10 heteroatoms. The Morgan fingerprint density at radius 3 is 2.23 bits per heavy atom.